The lowest BCUT2D eigenvalue weighted by atomic mass is 10.1. The van der Waals surface area contributed by atoms with Gasteiger partial charge in [-0.1, -0.05) is 36.4 Å². The van der Waals surface area contributed by atoms with Crippen LogP contribution in [-0.4, -0.2) is 55.0 Å². The minimum Gasteiger partial charge on any atom is -0.467 e. The maximum Gasteiger partial charge on any atom is 0.242 e. The molecule has 31 heavy (non-hydrogen) atoms. The van der Waals surface area contributed by atoms with E-state index in [-0.39, 0.29) is 24.8 Å². The van der Waals surface area contributed by atoms with Crippen LogP contribution >= 0.6 is 11.3 Å². The lowest BCUT2D eigenvalue weighted by molar-refractivity contribution is -0.141. The van der Waals surface area contributed by atoms with E-state index < -0.39 is 0 Å². The van der Waals surface area contributed by atoms with Gasteiger partial charge in [-0.25, -0.2) is 0 Å². The first-order valence-electron chi connectivity index (χ1n) is 10.3. The van der Waals surface area contributed by atoms with Crippen molar-refractivity contribution in [1.82, 2.24) is 9.80 Å². The number of hydrogen-bond donors (Lipinski definition) is 0. The van der Waals surface area contributed by atoms with E-state index in [1.54, 1.807) is 23.2 Å². The first-order valence-corrected chi connectivity index (χ1v) is 11.2. The Morgan fingerprint density at radius 1 is 0.968 bits per heavy atom. The number of nitrogens with zero attached hydrogens (tertiary/aromatic N) is 2. The number of amides is 2. The highest BCUT2D eigenvalue weighted by atomic mass is 32.1. The number of benzene rings is 1. The molecule has 0 saturated carbocycles. The molecule has 0 fully saturated rings. The lowest BCUT2D eigenvalue weighted by Gasteiger charge is -2.27. The quantitative estimate of drug-likeness (QED) is 0.431. The van der Waals surface area contributed by atoms with E-state index in [9.17, 15) is 9.59 Å². The molecule has 2 amide bonds. The van der Waals surface area contributed by atoms with Crippen molar-refractivity contribution in [2.24, 2.45) is 0 Å². The van der Waals surface area contributed by atoms with Crippen molar-refractivity contribution < 1.29 is 18.7 Å². The van der Waals surface area contributed by atoms with Gasteiger partial charge in [0.15, 0.2) is 0 Å². The van der Waals surface area contributed by atoms with Crippen LogP contribution in [0.3, 0.4) is 0 Å². The molecule has 7 heteroatoms. The Labute approximate surface area is 187 Å². The summed E-state index contributed by atoms with van der Waals surface area (Å²) in [7, 11) is 1.59. The van der Waals surface area contributed by atoms with E-state index in [0.717, 1.165) is 22.6 Å². The molecule has 0 radical (unpaired) electrons. The Morgan fingerprint density at radius 3 is 2.48 bits per heavy atom. The van der Waals surface area contributed by atoms with Crippen LogP contribution in [0, 0.1) is 0 Å². The van der Waals surface area contributed by atoms with Gasteiger partial charge < -0.3 is 19.0 Å². The first-order chi connectivity index (χ1) is 15.2. The van der Waals surface area contributed by atoms with Crippen LogP contribution in [0.4, 0.5) is 0 Å². The third kappa shape index (κ3) is 7.38. The second kappa shape index (κ2) is 12.1. The highest BCUT2D eigenvalue weighted by molar-refractivity contribution is 7.10. The van der Waals surface area contributed by atoms with Gasteiger partial charge in [-0.05, 0) is 35.6 Å². The first kappa shape index (κ1) is 22.8. The number of furan rings is 1. The van der Waals surface area contributed by atoms with E-state index in [1.807, 2.05) is 60.0 Å². The predicted octanol–water partition coefficient (Wildman–Crippen LogP) is 3.63. The fraction of sp³-hybridized carbons (Fsp3) is 0.333. The van der Waals surface area contributed by atoms with E-state index in [2.05, 4.69) is 0 Å². The minimum absolute atomic E-state index is 0.0169. The van der Waals surface area contributed by atoms with E-state index in [0.29, 0.717) is 26.2 Å². The molecule has 0 aliphatic rings. The topological polar surface area (TPSA) is 63.0 Å². The average Bonchev–Trinajstić information content (AvgIpc) is 3.49. The maximum atomic E-state index is 13.2. The van der Waals surface area contributed by atoms with Gasteiger partial charge in [0.2, 0.25) is 11.8 Å². The summed E-state index contributed by atoms with van der Waals surface area (Å²) in [5.41, 5.74) is 1.16. The summed E-state index contributed by atoms with van der Waals surface area (Å²) in [6, 6.07) is 17.6. The number of rotatable bonds is 12. The van der Waals surface area contributed by atoms with Gasteiger partial charge >= 0.3 is 0 Å². The molecular weight excluding hydrogens is 412 g/mol. The molecule has 164 valence electrons. The zero-order valence-electron chi connectivity index (χ0n) is 17.7. The molecule has 0 saturated heterocycles. The van der Waals surface area contributed by atoms with Gasteiger partial charge in [-0.3, -0.25) is 9.59 Å². The molecule has 3 aromatic rings. The summed E-state index contributed by atoms with van der Waals surface area (Å²) in [6.45, 7) is 1.69. The summed E-state index contributed by atoms with van der Waals surface area (Å²) in [6.07, 6.45) is 2.62. The number of carbonyl (C=O) groups excluding carboxylic acids is 2. The lowest BCUT2D eigenvalue weighted by Crippen LogP contribution is -2.45. The van der Waals surface area contributed by atoms with Crippen LogP contribution in [0.2, 0.25) is 0 Å². The predicted molar refractivity (Wildman–Crippen MR) is 121 cm³/mol. The third-order valence-corrected chi connectivity index (χ3v) is 5.82. The monoisotopic (exact) mass is 440 g/mol. The number of carbonyl (C=O) groups is 2. The summed E-state index contributed by atoms with van der Waals surface area (Å²) in [4.78, 5) is 30.4. The fourth-order valence-electron chi connectivity index (χ4n) is 3.22. The highest BCUT2D eigenvalue weighted by Gasteiger charge is 2.22. The van der Waals surface area contributed by atoms with Crippen molar-refractivity contribution in [3.05, 3.63) is 82.4 Å². The van der Waals surface area contributed by atoms with Crippen molar-refractivity contribution in [2.45, 2.75) is 19.4 Å². The Bertz CT molecular complexity index is 910. The number of hydrogen-bond acceptors (Lipinski definition) is 5. The van der Waals surface area contributed by atoms with Gasteiger partial charge in [0.25, 0.3) is 0 Å². The maximum absolute atomic E-state index is 13.2. The summed E-state index contributed by atoms with van der Waals surface area (Å²) in [5, 5.41) is 1.95. The molecule has 3 rings (SSSR count). The molecule has 0 aliphatic heterocycles. The van der Waals surface area contributed by atoms with Gasteiger partial charge in [0, 0.05) is 25.1 Å². The number of methoxy groups -OCH3 is 1. The largest absolute Gasteiger partial charge is 0.467 e. The Morgan fingerprint density at radius 2 is 1.81 bits per heavy atom. The molecule has 6 nitrogen and oxygen atoms in total. The average molecular weight is 441 g/mol. The molecule has 0 spiro atoms. The Balaban J connectivity index is 1.67. The minimum atomic E-state index is -0.108. The Kier molecular flexibility index (Phi) is 8.87. The van der Waals surface area contributed by atoms with Crippen LogP contribution in [0.5, 0.6) is 0 Å². The second-order valence-electron chi connectivity index (χ2n) is 7.19. The molecule has 0 N–H and O–H groups in total. The van der Waals surface area contributed by atoms with Crippen LogP contribution < -0.4 is 0 Å². The molecule has 2 aromatic heterocycles. The molecule has 0 bridgehead atoms. The molecule has 0 unspecified atom stereocenters. The molecule has 2 heterocycles. The second-order valence-corrected chi connectivity index (χ2v) is 8.23. The van der Waals surface area contributed by atoms with Gasteiger partial charge in [-0.2, -0.15) is 0 Å². The fourth-order valence-corrected chi connectivity index (χ4v) is 3.92. The number of ether oxygens (including phenoxy) is 1. The smallest absolute Gasteiger partial charge is 0.242 e. The standard InChI is InChI=1S/C24H28N2O4S/c1-29-15-13-26(23(27)17-22-10-6-16-31-22)19-24(28)25(18-21-9-5-14-30-21)12-11-20-7-3-2-4-8-20/h2-10,14,16H,11-13,15,17-19H2,1H3. The summed E-state index contributed by atoms with van der Waals surface area (Å²) in [5.74, 6) is 0.534. The van der Waals surface area contributed by atoms with Gasteiger partial charge in [0.1, 0.15) is 5.76 Å². The normalized spacial score (nSPS) is 10.7. The molecular formula is C24H28N2O4S. The molecule has 0 atom stereocenters. The zero-order chi connectivity index (χ0) is 21.9. The zero-order valence-corrected chi connectivity index (χ0v) is 18.6. The van der Waals surface area contributed by atoms with Crippen LogP contribution in [0.15, 0.2) is 70.7 Å². The molecule has 1 aromatic carbocycles. The van der Waals surface area contributed by atoms with E-state index >= 15 is 0 Å². The van der Waals surface area contributed by atoms with Crippen LogP contribution in [0.25, 0.3) is 0 Å². The SMILES string of the molecule is COCCN(CC(=O)N(CCc1ccccc1)Cc1ccco1)C(=O)Cc1cccs1. The van der Waals surface area contributed by atoms with Crippen LogP contribution in [0.1, 0.15) is 16.2 Å². The Hall–Kier alpha value is -2.90. The van der Waals surface area contributed by atoms with Gasteiger partial charge in [-0.15, -0.1) is 11.3 Å². The third-order valence-electron chi connectivity index (χ3n) is 4.94. The van der Waals surface area contributed by atoms with Crippen molar-refractivity contribution in [1.29, 1.82) is 0 Å². The van der Waals surface area contributed by atoms with Crippen molar-refractivity contribution in [3.8, 4) is 0 Å². The number of thiophene rings is 1. The van der Waals surface area contributed by atoms with Crippen molar-refractivity contribution >= 4 is 23.2 Å². The highest BCUT2D eigenvalue weighted by Crippen LogP contribution is 2.12. The van der Waals surface area contributed by atoms with E-state index in [4.69, 9.17) is 9.15 Å². The van der Waals surface area contributed by atoms with E-state index in [1.165, 1.54) is 11.3 Å². The summed E-state index contributed by atoms with van der Waals surface area (Å²) < 4.78 is 10.6. The van der Waals surface area contributed by atoms with Gasteiger partial charge in [0.05, 0.1) is 32.4 Å². The summed E-state index contributed by atoms with van der Waals surface area (Å²) >= 11 is 1.54. The van der Waals surface area contributed by atoms with Crippen molar-refractivity contribution in [2.75, 3.05) is 33.4 Å². The van der Waals surface area contributed by atoms with Crippen LogP contribution in [-0.2, 0) is 33.7 Å². The van der Waals surface area contributed by atoms with Crippen molar-refractivity contribution in [3.63, 3.8) is 0 Å². The molecule has 0 aliphatic carbocycles.